The average Bonchev–Trinajstić information content (AvgIpc) is 3.28. The van der Waals surface area contributed by atoms with Gasteiger partial charge in [-0.3, -0.25) is 0 Å². The molecule has 1 aromatic heterocycles. The van der Waals surface area contributed by atoms with Crippen molar-refractivity contribution in [3.8, 4) is 11.1 Å². The number of allylic oxidation sites excluding steroid dienone is 6. The van der Waals surface area contributed by atoms with Crippen LogP contribution in [0.4, 0.5) is 0 Å². The van der Waals surface area contributed by atoms with Gasteiger partial charge in [0.25, 0.3) is 0 Å². The number of aromatic nitrogens is 1. The lowest BCUT2D eigenvalue weighted by Gasteiger charge is -2.16. The Balaban J connectivity index is 1.51. The van der Waals surface area contributed by atoms with Crippen LogP contribution in [0.3, 0.4) is 0 Å². The molecule has 1 aliphatic rings. The minimum absolute atomic E-state index is 0.219. The Hall–Kier alpha value is -4.56. The molecular weight excluding hydrogens is 448 g/mol. The second-order valence-corrected chi connectivity index (χ2v) is 9.66. The highest BCUT2D eigenvalue weighted by Crippen LogP contribution is 2.38. The van der Waals surface area contributed by atoms with Crippen LogP contribution in [0.1, 0.15) is 31.0 Å². The maximum Gasteiger partial charge on any atom is 0.0695 e. The van der Waals surface area contributed by atoms with Gasteiger partial charge in [0, 0.05) is 21.9 Å². The number of nitrogens with one attached hydrogen (secondary N) is 1. The zero-order chi connectivity index (χ0) is 25.5. The van der Waals surface area contributed by atoms with Crippen molar-refractivity contribution in [2.24, 2.45) is 0 Å². The van der Waals surface area contributed by atoms with Gasteiger partial charge >= 0.3 is 0 Å². The van der Waals surface area contributed by atoms with Crippen molar-refractivity contribution in [1.82, 2.24) is 9.88 Å². The molecule has 0 radical (unpaired) electrons. The SMILES string of the molecule is C=C/C(=C\C)c1ccc2c(ccc3c4ccc(-c5ccc(C6C=CC=CN6)cc5)cc4n(C(=C)C)c23)c1. The fourth-order valence-corrected chi connectivity index (χ4v) is 5.53. The fraction of sp³-hybridized carbons (Fsp3) is 0.0857. The minimum Gasteiger partial charge on any atom is -0.381 e. The summed E-state index contributed by atoms with van der Waals surface area (Å²) in [5.41, 5.74) is 9.39. The van der Waals surface area contributed by atoms with Gasteiger partial charge in [-0.05, 0) is 71.5 Å². The molecule has 5 aromatic rings. The van der Waals surface area contributed by atoms with E-state index in [-0.39, 0.29) is 6.04 Å². The highest BCUT2D eigenvalue weighted by molar-refractivity contribution is 6.19. The third kappa shape index (κ3) is 3.82. The standard InChI is InChI=1S/C35H30N2/c1-5-24(6-2)27-14-17-30-29(21-27)16-19-32-31-18-15-28(22-34(31)37(23(3)4)35(30)32)25-10-12-26(13-11-25)33-9-7-8-20-36-33/h5-22,33,36H,1,3H2,2,4H3/b24-6+. The number of benzene rings is 4. The van der Waals surface area contributed by atoms with Gasteiger partial charge in [-0.1, -0.05) is 98.1 Å². The van der Waals surface area contributed by atoms with Gasteiger partial charge in [-0.15, -0.1) is 0 Å². The summed E-state index contributed by atoms with van der Waals surface area (Å²) in [5.74, 6) is 0. The third-order valence-electron chi connectivity index (χ3n) is 7.38. The fourth-order valence-electron chi connectivity index (χ4n) is 5.53. The highest BCUT2D eigenvalue weighted by Gasteiger charge is 2.16. The van der Waals surface area contributed by atoms with E-state index in [0.717, 1.165) is 11.3 Å². The maximum absolute atomic E-state index is 4.36. The van der Waals surface area contributed by atoms with Gasteiger partial charge < -0.3 is 9.88 Å². The van der Waals surface area contributed by atoms with E-state index in [2.05, 4.69) is 128 Å². The number of hydrogen-bond acceptors (Lipinski definition) is 1. The molecule has 0 amide bonds. The van der Waals surface area contributed by atoms with E-state index in [1.54, 1.807) is 0 Å². The van der Waals surface area contributed by atoms with Crippen LogP contribution in [0.15, 0.2) is 123 Å². The lowest BCUT2D eigenvalue weighted by Crippen LogP contribution is -2.14. The molecule has 1 N–H and O–H groups in total. The van der Waals surface area contributed by atoms with Gasteiger partial charge in [0.05, 0.1) is 17.1 Å². The third-order valence-corrected chi connectivity index (χ3v) is 7.38. The normalized spacial score (nSPS) is 15.4. The van der Waals surface area contributed by atoms with Crippen molar-refractivity contribution in [3.05, 3.63) is 134 Å². The van der Waals surface area contributed by atoms with E-state index >= 15 is 0 Å². The van der Waals surface area contributed by atoms with E-state index in [4.69, 9.17) is 0 Å². The summed E-state index contributed by atoms with van der Waals surface area (Å²) in [4.78, 5) is 0. The summed E-state index contributed by atoms with van der Waals surface area (Å²) < 4.78 is 2.32. The number of hydrogen-bond donors (Lipinski definition) is 1. The van der Waals surface area contributed by atoms with E-state index in [9.17, 15) is 0 Å². The van der Waals surface area contributed by atoms with Crippen molar-refractivity contribution < 1.29 is 0 Å². The molecule has 2 heteroatoms. The molecule has 2 heterocycles. The largest absolute Gasteiger partial charge is 0.381 e. The van der Waals surface area contributed by atoms with Crippen molar-refractivity contribution >= 4 is 43.8 Å². The first-order valence-corrected chi connectivity index (χ1v) is 12.7. The second-order valence-electron chi connectivity index (χ2n) is 9.66. The first-order valence-electron chi connectivity index (χ1n) is 12.7. The van der Waals surface area contributed by atoms with Gasteiger partial charge in [0.1, 0.15) is 0 Å². The van der Waals surface area contributed by atoms with Crippen molar-refractivity contribution in [3.63, 3.8) is 0 Å². The molecule has 0 aliphatic carbocycles. The number of nitrogens with zero attached hydrogens (tertiary/aromatic N) is 1. The first-order chi connectivity index (χ1) is 18.1. The van der Waals surface area contributed by atoms with Crippen LogP contribution in [-0.2, 0) is 0 Å². The maximum atomic E-state index is 4.36. The molecule has 1 atom stereocenters. The van der Waals surface area contributed by atoms with E-state index in [0.29, 0.717) is 0 Å². The number of rotatable bonds is 5. The summed E-state index contributed by atoms with van der Waals surface area (Å²) >= 11 is 0. The average molecular weight is 479 g/mol. The molecule has 0 bridgehead atoms. The van der Waals surface area contributed by atoms with Crippen LogP contribution in [-0.4, -0.2) is 4.57 Å². The first kappa shape index (κ1) is 22.9. The molecule has 180 valence electrons. The number of dihydropyridines is 1. The van der Waals surface area contributed by atoms with Crippen LogP contribution in [0.5, 0.6) is 0 Å². The molecule has 0 saturated carbocycles. The van der Waals surface area contributed by atoms with Gasteiger partial charge in [0.15, 0.2) is 0 Å². The predicted octanol–water partition coefficient (Wildman–Crippen LogP) is 9.41. The summed E-state index contributed by atoms with van der Waals surface area (Å²) in [6, 6.07) is 27.0. The Labute approximate surface area is 218 Å². The molecule has 1 aliphatic heterocycles. The van der Waals surface area contributed by atoms with Crippen LogP contribution < -0.4 is 5.32 Å². The topological polar surface area (TPSA) is 17.0 Å². The molecule has 0 spiro atoms. The lowest BCUT2D eigenvalue weighted by atomic mass is 9.98. The summed E-state index contributed by atoms with van der Waals surface area (Å²) in [6.07, 6.45) is 12.3. The van der Waals surface area contributed by atoms with Gasteiger partial charge in [0.2, 0.25) is 0 Å². The quantitative estimate of drug-likeness (QED) is 0.249. The van der Waals surface area contributed by atoms with Gasteiger partial charge in [-0.25, -0.2) is 0 Å². The molecule has 2 nitrogen and oxygen atoms in total. The highest BCUT2D eigenvalue weighted by atomic mass is 15.0. The zero-order valence-electron chi connectivity index (χ0n) is 21.3. The molecule has 6 rings (SSSR count). The Morgan fingerprint density at radius 2 is 1.62 bits per heavy atom. The molecule has 0 saturated heterocycles. The van der Waals surface area contributed by atoms with Crippen LogP contribution >= 0.6 is 0 Å². The molecule has 4 aromatic carbocycles. The van der Waals surface area contributed by atoms with Crippen molar-refractivity contribution in [2.75, 3.05) is 0 Å². The molecular formula is C35H30N2. The zero-order valence-corrected chi connectivity index (χ0v) is 21.3. The minimum atomic E-state index is 0.219. The second kappa shape index (κ2) is 9.15. The van der Waals surface area contributed by atoms with E-state index < -0.39 is 0 Å². The Morgan fingerprint density at radius 1 is 0.865 bits per heavy atom. The van der Waals surface area contributed by atoms with E-state index in [1.807, 2.05) is 18.4 Å². The van der Waals surface area contributed by atoms with Crippen molar-refractivity contribution in [2.45, 2.75) is 19.9 Å². The molecule has 0 fully saturated rings. The van der Waals surface area contributed by atoms with Crippen LogP contribution in [0.2, 0.25) is 0 Å². The lowest BCUT2D eigenvalue weighted by molar-refractivity contribution is 0.746. The van der Waals surface area contributed by atoms with Crippen molar-refractivity contribution in [1.29, 1.82) is 0 Å². The van der Waals surface area contributed by atoms with Crippen LogP contribution in [0.25, 0.3) is 55.0 Å². The monoisotopic (exact) mass is 478 g/mol. The van der Waals surface area contributed by atoms with Crippen LogP contribution in [0, 0.1) is 0 Å². The summed E-state index contributed by atoms with van der Waals surface area (Å²) in [7, 11) is 0. The predicted molar refractivity (Wildman–Crippen MR) is 161 cm³/mol. The molecule has 37 heavy (non-hydrogen) atoms. The smallest absolute Gasteiger partial charge is 0.0695 e. The number of fused-ring (bicyclic) bond motifs is 5. The summed E-state index contributed by atoms with van der Waals surface area (Å²) in [5, 5.41) is 8.33. The Kier molecular flexibility index (Phi) is 5.65. The molecule has 1 unspecified atom stereocenters. The summed E-state index contributed by atoms with van der Waals surface area (Å²) in [6.45, 7) is 12.5. The Bertz CT molecular complexity index is 1790. The van der Waals surface area contributed by atoms with E-state index in [1.165, 1.54) is 54.8 Å². The van der Waals surface area contributed by atoms with Gasteiger partial charge in [-0.2, -0.15) is 0 Å². The Morgan fingerprint density at radius 3 is 2.32 bits per heavy atom.